The fraction of sp³-hybridized carbons (Fsp3) is 0.647. The number of aryl methyl sites for hydroxylation is 2. The third-order valence-electron chi connectivity index (χ3n) is 4.33. The van der Waals surface area contributed by atoms with Crippen LogP contribution in [0.15, 0.2) is 24.3 Å². The molecule has 1 aromatic carbocycles. The van der Waals surface area contributed by atoms with E-state index in [4.69, 9.17) is 5.73 Å². The third-order valence-corrected chi connectivity index (χ3v) is 4.33. The first-order valence-corrected chi connectivity index (χ1v) is 7.99. The molecule has 1 saturated heterocycles. The molecule has 0 bridgehead atoms. The van der Waals surface area contributed by atoms with E-state index in [-0.39, 0.29) is 0 Å². The van der Waals surface area contributed by atoms with Gasteiger partial charge in [-0.25, -0.2) is 0 Å². The minimum Gasteiger partial charge on any atom is -0.330 e. The van der Waals surface area contributed by atoms with Crippen LogP contribution in [0.2, 0.25) is 0 Å². The van der Waals surface area contributed by atoms with Crippen molar-refractivity contribution in [3.63, 3.8) is 0 Å². The van der Waals surface area contributed by atoms with Crippen molar-refractivity contribution in [1.29, 1.82) is 0 Å². The molecule has 1 fully saturated rings. The molecule has 20 heavy (non-hydrogen) atoms. The molecule has 2 N–H and O–H groups in total. The zero-order valence-electron chi connectivity index (χ0n) is 12.9. The van der Waals surface area contributed by atoms with Crippen molar-refractivity contribution in [1.82, 2.24) is 9.80 Å². The van der Waals surface area contributed by atoms with Crippen molar-refractivity contribution in [2.24, 2.45) is 5.73 Å². The Labute approximate surface area is 123 Å². The number of hydrogen-bond acceptors (Lipinski definition) is 3. The van der Waals surface area contributed by atoms with Gasteiger partial charge in [-0.1, -0.05) is 24.3 Å². The van der Waals surface area contributed by atoms with E-state index in [9.17, 15) is 0 Å². The van der Waals surface area contributed by atoms with Crippen molar-refractivity contribution in [3.8, 4) is 0 Å². The summed E-state index contributed by atoms with van der Waals surface area (Å²) in [5.41, 5.74) is 8.51. The van der Waals surface area contributed by atoms with Gasteiger partial charge in [0.05, 0.1) is 0 Å². The predicted octanol–water partition coefficient (Wildman–Crippen LogP) is 1.89. The van der Waals surface area contributed by atoms with Crippen molar-refractivity contribution >= 4 is 0 Å². The van der Waals surface area contributed by atoms with E-state index >= 15 is 0 Å². The van der Waals surface area contributed by atoms with Crippen LogP contribution < -0.4 is 5.73 Å². The highest BCUT2D eigenvalue weighted by Crippen LogP contribution is 2.10. The fourth-order valence-corrected chi connectivity index (χ4v) is 2.94. The lowest BCUT2D eigenvalue weighted by Gasteiger charge is -2.34. The Hall–Kier alpha value is -0.900. The van der Waals surface area contributed by atoms with Crippen LogP contribution in [0.5, 0.6) is 0 Å². The summed E-state index contributed by atoms with van der Waals surface area (Å²) in [4.78, 5) is 5.15. The normalized spacial score (nSPS) is 17.5. The molecule has 112 valence electrons. The van der Waals surface area contributed by atoms with Crippen molar-refractivity contribution in [2.45, 2.75) is 26.2 Å². The zero-order chi connectivity index (χ0) is 14.2. The van der Waals surface area contributed by atoms with Crippen LogP contribution in [-0.2, 0) is 6.42 Å². The van der Waals surface area contributed by atoms with Crippen molar-refractivity contribution in [3.05, 3.63) is 35.4 Å². The molecule has 1 heterocycles. The zero-order valence-corrected chi connectivity index (χ0v) is 12.9. The van der Waals surface area contributed by atoms with Crippen LogP contribution in [0.4, 0.5) is 0 Å². The van der Waals surface area contributed by atoms with Gasteiger partial charge in [0.2, 0.25) is 0 Å². The van der Waals surface area contributed by atoms with Gasteiger partial charge >= 0.3 is 0 Å². The first-order valence-electron chi connectivity index (χ1n) is 7.99. The smallest absolute Gasteiger partial charge is 0.0110 e. The SMILES string of the molecule is Cc1ccccc1CCCN1CCN(CCCN)CC1. The van der Waals surface area contributed by atoms with E-state index in [1.54, 1.807) is 0 Å². The Morgan fingerprint density at radius 3 is 2.15 bits per heavy atom. The van der Waals surface area contributed by atoms with Crippen molar-refractivity contribution in [2.75, 3.05) is 45.8 Å². The Balaban J connectivity index is 1.63. The number of nitrogens with zero attached hydrogens (tertiary/aromatic N) is 2. The molecule has 0 amide bonds. The molecule has 3 nitrogen and oxygen atoms in total. The first kappa shape index (κ1) is 15.5. The molecule has 1 aliphatic heterocycles. The number of hydrogen-bond donors (Lipinski definition) is 1. The second-order valence-corrected chi connectivity index (χ2v) is 5.86. The molecule has 0 aromatic heterocycles. The summed E-state index contributed by atoms with van der Waals surface area (Å²) >= 11 is 0. The highest BCUT2D eigenvalue weighted by atomic mass is 15.3. The standard InChI is InChI=1S/C17H29N3/c1-16-6-2-3-7-17(16)8-4-10-19-12-14-20(15-13-19)11-5-9-18/h2-3,6-7H,4-5,8-15,18H2,1H3. The van der Waals surface area contributed by atoms with Gasteiger partial charge < -0.3 is 15.5 Å². The van der Waals surface area contributed by atoms with Gasteiger partial charge in [0.15, 0.2) is 0 Å². The second kappa shape index (κ2) is 8.40. The molecule has 0 spiro atoms. The highest BCUT2D eigenvalue weighted by molar-refractivity contribution is 5.25. The quantitative estimate of drug-likeness (QED) is 0.825. The Morgan fingerprint density at radius 2 is 1.55 bits per heavy atom. The minimum atomic E-state index is 0.816. The average molecular weight is 275 g/mol. The molecule has 0 unspecified atom stereocenters. The lowest BCUT2D eigenvalue weighted by atomic mass is 10.0. The molecule has 0 radical (unpaired) electrons. The first-order chi connectivity index (χ1) is 9.79. The summed E-state index contributed by atoms with van der Waals surface area (Å²) in [6.45, 7) is 10.3. The molecule has 1 aromatic rings. The number of benzene rings is 1. The molecule has 1 aliphatic rings. The molecule has 0 aliphatic carbocycles. The monoisotopic (exact) mass is 275 g/mol. The number of piperazine rings is 1. The van der Waals surface area contributed by atoms with Gasteiger partial charge in [0.1, 0.15) is 0 Å². The van der Waals surface area contributed by atoms with E-state index in [0.29, 0.717) is 0 Å². The van der Waals surface area contributed by atoms with Crippen LogP contribution >= 0.6 is 0 Å². The Kier molecular flexibility index (Phi) is 6.51. The van der Waals surface area contributed by atoms with Crippen LogP contribution in [0.25, 0.3) is 0 Å². The summed E-state index contributed by atoms with van der Waals surface area (Å²) in [5.74, 6) is 0. The molecule has 0 atom stereocenters. The van der Waals surface area contributed by atoms with Gasteiger partial charge in [-0.05, 0) is 56.9 Å². The predicted molar refractivity (Wildman–Crippen MR) is 86.1 cm³/mol. The Morgan fingerprint density at radius 1 is 0.950 bits per heavy atom. The van der Waals surface area contributed by atoms with Crippen LogP contribution in [0, 0.1) is 6.92 Å². The number of rotatable bonds is 7. The van der Waals surface area contributed by atoms with Gasteiger partial charge in [-0.15, -0.1) is 0 Å². The molecular formula is C17H29N3. The fourth-order valence-electron chi connectivity index (χ4n) is 2.94. The van der Waals surface area contributed by atoms with E-state index < -0.39 is 0 Å². The summed E-state index contributed by atoms with van der Waals surface area (Å²) in [6.07, 6.45) is 3.61. The van der Waals surface area contributed by atoms with Crippen LogP contribution in [0.3, 0.4) is 0 Å². The minimum absolute atomic E-state index is 0.816. The summed E-state index contributed by atoms with van der Waals surface area (Å²) in [7, 11) is 0. The summed E-state index contributed by atoms with van der Waals surface area (Å²) < 4.78 is 0. The maximum absolute atomic E-state index is 5.57. The lowest BCUT2D eigenvalue weighted by Crippen LogP contribution is -2.47. The lowest BCUT2D eigenvalue weighted by molar-refractivity contribution is 0.131. The Bertz CT molecular complexity index is 384. The topological polar surface area (TPSA) is 32.5 Å². The highest BCUT2D eigenvalue weighted by Gasteiger charge is 2.15. The molecule has 0 saturated carbocycles. The van der Waals surface area contributed by atoms with Crippen molar-refractivity contribution < 1.29 is 0 Å². The van der Waals surface area contributed by atoms with Crippen LogP contribution in [-0.4, -0.2) is 55.6 Å². The average Bonchev–Trinajstić information content (AvgIpc) is 2.48. The summed E-state index contributed by atoms with van der Waals surface area (Å²) in [6, 6.07) is 8.75. The van der Waals surface area contributed by atoms with E-state index in [0.717, 1.165) is 13.0 Å². The van der Waals surface area contributed by atoms with Gasteiger partial charge in [-0.2, -0.15) is 0 Å². The van der Waals surface area contributed by atoms with Crippen LogP contribution in [0.1, 0.15) is 24.0 Å². The van der Waals surface area contributed by atoms with E-state index in [1.165, 1.54) is 63.2 Å². The van der Waals surface area contributed by atoms with Gasteiger partial charge in [0, 0.05) is 26.2 Å². The molecule has 3 heteroatoms. The van der Waals surface area contributed by atoms with Gasteiger partial charge in [-0.3, -0.25) is 0 Å². The maximum atomic E-state index is 5.57. The molecular weight excluding hydrogens is 246 g/mol. The van der Waals surface area contributed by atoms with E-state index in [2.05, 4.69) is 41.0 Å². The largest absolute Gasteiger partial charge is 0.330 e. The number of nitrogens with two attached hydrogens (primary N) is 1. The molecule has 2 rings (SSSR count). The summed E-state index contributed by atoms with van der Waals surface area (Å²) in [5, 5.41) is 0. The van der Waals surface area contributed by atoms with Gasteiger partial charge in [0.25, 0.3) is 0 Å². The third kappa shape index (κ3) is 4.89. The van der Waals surface area contributed by atoms with E-state index in [1.807, 2.05) is 0 Å². The maximum Gasteiger partial charge on any atom is 0.0110 e. The second-order valence-electron chi connectivity index (χ2n) is 5.86.